The molecule has 1 heterocycles. The summed E-state index contributed by atoms with van der Waals surface area (Å²) in [5, 5.41) is 0. The van der Waals surface area contributed by atoms with Crippen molar-refractivity contribution in [3.8, 4) is 0 Å². The molecular formula is C13H16N2O4S. The van der Waals surface area contributed by atoms with Crippen LogP contribution in [0.5, 0.6) is 0 Å². The SMILES string of the molecule is Cc1ccc(C(=O)CN2C=CN(C)C2S(=O)(=O)O)cc1. The summed E-state index contributed by atoms with van der Waals surface area (Å²) in [6.45, 7) is 1.80. The maximum absolute atomic E-state index is 12.1. The fourth-order valence-corrected chi connectivity index (χ4v) is 3.06. The van der Waals surface area contributed by atoms with Crippen molar-refractivity contribution < 1.29 is 17.8 Å². The summed E-state index contributed by atoms with van der Waals surface area (Å²) in [7, 11) is -2.78. The van der Waals surface area contributed by atoms with Crippen molar-refractivity contribution in [2.24, 2.45) is 0 Å². The van der Waals surface area contributed by atoms with Crippen molar-refractivity contribution in [2.45, 2.75) is 12.4 Å². The molecule has 108 valence electrons. The van der Waals surface area contributed by atoms with Crippen LogP contribution in [0.1, 0.15) is 15.9 Å². The van der Waals surface area contributed by atoms with Gasteiger partial charge in [-0.1, -0.05) is 29.8 Å². The van der Waals surface area contributed by atoms with E-state index in [4.69, 9.17) is 0 Å². The topological polar surface area (TPSA) is 77.9 Å². The van der Waals surface area contributed by atoms with Crippen LogP contribution in [0.3, 0.4) is 0 Å². The first-order chi connectivity index (χ1) is 9.29. The quantitative estimate of drug-likeness (QED) is 0.661. The highest BCUT2D eigenvalue weighted by Crippen LogP contribution is 2.19. The Morgan fingerprint density at radius 1 is 1.25 bits per heavy atom. The van der Waals surface area contributed by atoms with Crippen LogP contribution >= 0.6 is 0 Å². The average molecular weight is 296 g/mol. The van der Waals surface area contributed by atoms with Gasteiger partial charge in [-0.2, -0.15) is 8.42 Å². The van der Waals surface area contributed by atoms with Gasteiger partial charge in [0.25, 0.3) is 0 Å². The molecule has 0 aromatic heterocycles. The van der Waals surface area contributed by atoms with Gasteiger partial charge >= 0.3 is 10.1 Å². The van der Waals surface area contributed by atoms with E-state index in [1.165, 1.54) is 29.2 Å². The van der Waals surface area contributed by atoms with Gasteiger partial charge in [-0.3, -0.25) is 9.35 Å². The van der Waals surface area contributed by atoms with Crippen LogP contribution in [0, 0.1) is 6.92 Å². The van der Waals surface area contributed by atoms with Gasteiger partial charge in [0.2, 0.25) is 5.50 Å². The number of Topliss-reactive ketones (excluding diaryl/α,β-unsaturated/α-hetero) is 1. The minimum Gasteiger partial charge on any atom is -0.345 e. The Hall–Kier alpha value is -1.86. The largest absolute Gasteiger partial charge is 0.345 e. The van der Waals surface area contributed by atoms with E-state index in [0.29, 0.717) is 5.56 Å². The number of carbonyl (C=O) groups is 1. The smallest absolute Gasteiger partial charge is 0.306 e. The molecular weight excluding hydrogens is 280 g/mol. The summed E-state index contributed by atoms with van der Waals surface area (Å²) in [6.07, 6.45) is 2.98. The molecule has 0 fully saturated rings. The number of benzene rings is 1. The maximum Gasteiger partial charge on any atom is 0.306 e. The molecule has 1 unspecified atom stereocenters. The van der Waals surface area contributed by atoms with E-state index in [1.807, 2.05) is 19.1 Å². The van der Waals surface area contributed by atoms with Gasteiger partial charge < -0.3 is 9.80 Å². The number of carbonyl (C=O) groups excluding carboxylic acids is 1. The molecule has 6 nitrogen and oxygen atoms in total. The lowest BCUT2D eigenvalue weighted by molar-refractivity contribution is 0.0935. The summed E-state index contributed by atoms with van der Waals surface area (Å²) < 4.78 is 31.9. The Labute approximate surface area is 118 Å². The van der Waals surface area contributed by atoms with Gasteiger partial charge in [0.1, 0.15) is 0 Å². The lowest BCUT2D eigenvalue weighted by Gasteiger charge is -2.26. The molecule has 1 aliphatic heterocycles. The first-order valence-corrected chi connectivity index (χ1v) is 7.51. The third kappa shape index (κ3) is 3.00. The van der Waals surface area contributed by atoms with E-state index in [9.17, 15) is 17.8 Å². The molecule has 0 radical (unpaired) electrons. The number of hydrogen-bond acceptors (Lipinski definition) is 5. The number of nitrogens with zero attached hydrogens (tertiary/aromatic N) is 2. The molecule has 7 heteroatoms. The molecule has 1 N–H and O–H groups in total. The summed E-state index contributed by atoms with van der Waals surface area (Å²) in [4.78, 5) is 14.7. The van der Waals surface area contributed by atoms with Gasteiger partial charge in [-0.05, 0) is 6.92 Å². The standard InChI is InChI=1S/C13H16N2O4S/c1-10-3-5-11(6-4-10)12(16)9-15-8-7-14(2)13(15)20(17,18)19/h3-8,13H,9H2,1-2H3,(H,17,18,19). The molecule has 1 aromatic carbocycles. The van der Waals surface area contributed by atoms with Gasteiger partial charge in [0.05, 0.1) is 6.54 Å². The van der Waals surface area contributed by atoms with Gasteiger partial charge in [-0.25, -0.2) is 0 Å². The van der Waals surface area contributed by atoms with Crippen LogP contribution in [0.25, 0.3) is 0 Å². The molecule has 0 saturated heterocycles. The molecule has 1 atom stereocenters. The highest BCUT2D eigenvalue weighted by Gasteiger charge is 2.35. The van der Waals surface area contributed by atoms with E-state index < -0.39 is 15.6 Å². The third-order valence-corrected chi connectivity index (χ3v) is 4.23. The molecule has 0 bridgehead atoms. The van der Waals surface area contributed by atoms with Crippen LogP contribution in [0.2, 0.25) is 0 Å². The summed E-state index contributed by atoms with van der Waals surface area (Å²) in [5.41, 5.74) is 0.294. The van der Waals surface area contributed by atoms with Crippen molar-refractivity contribution in [2.75, 3.05) is 13.6 Å². The highest BCUT2D eigenvalue weighted by molar-refractivity contribution is 7.86. The molecule has 0 saturated carbocycles. The number of hydrogen-bond donors (Lipinski definition) is 1. The molecule has 20 heavy (non-hydrogen) atoms. The summed E-state index contributed by atoms with van der Waals surface area (Å²) in [6, 6.07) is 7.03. The monoisotopic (exact) mass is 296 g/mol. The van der Waals surface area contributed by atoms with Crippen LogP contribution in [0.4, 0.5) is 0 Å². The van der Waals surface area contributed by atoms with Crippen LogP contribution < -0.4 is 0 Å². The zero-order chi connectivity index (χ0) is 14.9. The van der Waals surface area contributed by atoms with Crippen molar-refractivity contribution >= 4 is 15.9 Å². The second kappa shape index (κ2) is 5.26. The van der Waals surface area contributed by atoms with Crippen LogP contribution in [0.15, 0.2) is 36.7 Å². The van der Waals surface area contributed by atoms with Gasteiger partial charge in [-0.15, -0.1) is 0 Å². The number of aryl methyl sites for hydroxylation is 1. The molecule has 0 aliphatic carbocycles. The van der Waals surface area contributed by atoms with Gasteiger partial charge in [0, 0.05) is 25.0 Å². The first-order valence-electron chi connectivity index (χ1n) is 6.01. The first kappa shape index (κ1) is 14.5. The third-order valence-electron chi connectivity index (χ3n) is 3.09. The number of ketones is 1. The number of rotatable bonds is 4. The van der Waals surface area contributed by atoms with E-state index in [-0.39, 0.29) is 12.3 Å². The Balaban J connectivity index is 2.15. The van der Waals surface area contributed by atoms with Gasteiger partial charge in [0.15, 0.2) is 5.78 Å². The summed E-state index contributed by atoms with van der Waals surface area (Å²) in [5.74, 6) is -0.210. The Morgan fingerprint density at radius 3 is 2.40 bits per heavy atom. The maximum atomic E-state index is 12.1. The Kier molecular flexibility index (Phi) is 3.82. The second-order valence-electron chi connectivity index (χ2n) is 4.77. The highest BCUT2D eigenvalue weighted by atomic mass is 32.2. The fraction of sp³-hybridized carbons (Fsp3) is 0.308. The van der Waals surface area contributed by atoms with Crippen molar-refractivity contribution in [3.05, 3.63) is 47.8 Å². The average Bonchev–Trinajstić information content (AvgIpc) is 2.70. The molecule has 2 rings (SSSR count). The molecule has 0 spiro atoms. The van der Waals surface area contributed by atoms with Crippen LogP contribution in [-0.4, -0.2) is 47.6 Å². The van der Waals surface area contributed by atoms with Crippen molar-refractivity contribution in [1.82, 2.24) is 9.80 Å². The molecule has 1 aromatic rings. The van der Waals surface area contributed by atoms with Crippen molar-refractivity contribution in [3.63, 3.8) is 0 Å². The minimum absolute atomic E-state index is 0.117. The van der Waals surface area contributed by atoms with E-state index in [1.54, 1.807) is 12.1 Å². The zero-order valence-corrected chi connectivity index (χ0v) is 12.0. The second-order valence-corrected chi connectivity index (χ2v) is 6.22. The van der Waals surface area contributed by atoms with Crippen LogP contribution in [-0.2, 0) is 10.1 Å². The predicted octanol–water partition coefficient (Wildman–Crippen LogP) is 1.07. The van der Waals surface area contributed by atoms with Crippen molar-refractivity contribution in [1.29, 1.82) is 0 Å². The Bertz CT molecular complexity index is 637. The zero-order valence-electron chi connectivity index (χ0n) is 11.2. The normalized spacial score (nSPS) is 18.6. The summed E-state index contributed by atoms with van der Waals surface area (Å²) >= 11 is 0. The van der Waals surface area contributed by atoms with E-state index in [2.05, 4.69) is 0 Å². The Morgan fingerprint density at radius 2 is 1.85 bits per heavy atom. The van der Waals surface area contributed by atoms with E-state index >= 15 is 0 Å². The lowest BCUT2D eigenvalue weighted by Crippen LogP contribution is -2.44. The lowest BCUT2D eigenvalue weighted by atomic mass is 10.1. The molecule has 1 aliphatic rings. The predicted molar refractivity (Wildman–Crippen MR) is 74.5 cm³/mol. The molecule has 0 amide bonds. The fourth-order valence-electron chi connectivity index (χ4n) is 2.08. The van der Waals surface area contributed by atoms with E-state index in [0.717, 1.165) is 5.56 Å². The minimum atomic E-state index is -4.30.